The number of nitrogens with one attached hydrogen (secondary N) is 1. The molecule has 4 heteroatoms. The summed E-state index contributed by atoms with van der Waals surface area (Å²) in [5.74, 6) is 0.280. The average Bonchev–Trinajstić information content (AvgIpc) is 2.45. The first-order chi connectivity index (χ1) is 9.61. The van der Waals surface area contributed by atoms with Crippen LogP contribution in [0.15, 0.2) is 24.3 Å². The SMILES string of the molecule is CCCCCC(C)NCC(O)COc1ccc(F)cc1. The second kappa shape index (κ2) is 9.72. The standard InChI is InChI=1S/C16H26FNO2/c1-3-4-5-6-13(2)18-11-15(19)12-20-16-9-7-14(17)8-10-16/h7-10,13,15,18-19H,3-6,11-12H2,1-2H3. The number of ether oxygens (including phenoxy) is 1. The summed E-state index contributed by atoms with van der Waals surface area (Å²) >= 11 is 0. The zero-order valence-electron chi connectivity index (χ0n) is 12.4. The van der Waals surface area contributed by atoms with Crippen LogP contribution in [0.25, 0.3) is 0 Å². The Labute approximate surface area is 121 Å². The molecule has 2 N–H and O–H groups in total. The third kappa shape index (κ3) is 7.46. The van der Waals surface area contributed by atoms with Crippen LogP contribution in [0.4, 0.5) is 4.39 Å². The fourth-order valence-corrected chi connectivity index (χ4v) is 1.92. The Kier molecular flexibility index (Phi) is 8.23. The molecule has 0 aromatic heterocycles. The molecule has 0 heterocycles. The maximum atomic E-state index is 12.7. The molecule has 0 aliphatic rings. The van der Waals surface area contributed by atoms with E-state index < -0.39 is 6.10 Å². The second-order valence-corrected chi connectivity index (χ2v) is 5.22. The normalized spacial score (nSPS) is 14.0. The Morgan fingerprint density at radius 2 is 1.95 bits per heavy atom. The van der Waals surface area contributed by atoms with Crippen LogP contribution in [0, 0.1) is 5.82 Å². The maximum Gasteiger partial charge on any atom is 0.123 e. The highest BCUT2D eigenvalue weighted by Gasteiger charge is 2.08. The highest BCUT2D eigenvalue weighted by atomic mass is 19.1. The van der Waals surface area contributed by atoms with Gasteiger partial charge in [0.25, 0.3) is 0 Å². The van der Waals surface area contributed by atoms with Gasteiger partial charge in [0.2, 0.25) is 0 Å². The predicted molar refractivity (Wildman–Crippen MR) is 79.5 cm³/mol. The van der Waals surface area contributed by atoms with Crippen LogP contribution in [-0.2, 0) is 0 Å². The van der Waals surface area contributed by atoms with Gasteiger partial charge in [-0.15, -0.1) is 0 Å². The second-order valence-electron chi connectivity index (χ2n) is 5.22. The van der Waals surface area contributed by atoms with Crippen LogP contribution in [0.1, 0.15) is 39.5 Å². The zero-order chi connectivity index (χ0) is 14.8. The molecule has 1 aromatic rings. The first-order valence-corrected chi connectivity index (χ1v) is 7.41. The van der Waals surface area contributed by atoms with Crippen molar-refractivity contribution >= 4 is 0 Å². The van der Waals surface area contributed by atoms with Gasteiger partial charge in [0.1, 0.15) is 24.3 Å². The molecule has 0 aliphatic heterocycles. The summed E-state index contributed by atoms with van der Waals surface area (Å²) in [7, 11) is 0. The zero-order valence-corrected chi connectivity index (χ0v) is 12.4. The van der Waals surface area contributed by atoms with E-state index in [2.05, 4.69) is 19.2 Å². The molecule has 1 aromatic carbocycles. The number of hydrogen-bond donors (Lipinski definition) is 2. The first-order valence-electron chi connectivity index (χ1n) is 7.41. The number of aliphatic hydroxyl groups is 1. The molecule has 0 aliphatic carbocycles. The molecule has 1 rings (SSSR count). The molecule has 3 nitrogen and oxygen atoms in total. The molecule has 0 spiro atoms. The summed E-state index contributed by atoms with van der Waals surface area (Å²) in [6, 6.07) is 6.21. The van der Waals surface area contributed by atoms with E-state index in [0.29, 0.717) is 18.3 Å². The minimum atomic E-state index is -0.561. The summed E-state index contributed by atoms with van der Waals surface area (Å²) in [5, 5.41) is 13.1. The number of rotatable bonds is 10. The van der Waals surface area contributed by atoms with Gasteiger partial charge in [-0.25, -0.2) is 4.39 Å². The van der Waals surface area contributed by atoms with Gasteiger partial charge in [-0.05, 0) is 37.6 Å². The molecule has 0 saturated carbocycles. The molecule has 2 unspecified atom stereocenters. The fourth-order valence-electron chi connectivity index (χ4n) is 1.92. The van der Waals surface area contributed by atoms with E-state index in [1.165, 1.54) is 31.4 Å². The Balaban J connectivity index is 2.13. The van der Waals surface area contributed by atoms with Crippen molar-refractivity contribution in [1.82, 2.24) is 5.32 Å². The lowest BCUT2D eigenvalue weighted by Crippen LogP contribution is -2.36. The van der Waals surface area contributed by atoms with E-state index in [-0.39, 0.29) is 12.4 Å². The number of halogens is 1. The lowest BCUT2D eigenvalue weighted by atomic mass is 10.1. The molecule has 0 saturated heterocycles. The third-order valence-corrected chi connectivity index (χ3v) is 3.20. The molecular formula is C16H26FNO2. The monoisotopic (exact) mass is 283 g/mol. The molecule has 0 fully saturated rings. The Morgan fingerprint density at radius 3 is 2.60 bits per heavy atom. The van der Waals surface area contributed by atoms with Gasteiger partial charge in [-0.3, -0.25) is 0 Å². The minimum absolute atomic E-state index is 0.209. The smallest absolute Gasteiger partial charge is 0.123 e. The van der Waals surface area contributed by atoms with E-state index >= 15 is 0 Å². The van der Waals surface area contributed by atoms with Crippen LogP contribution in [0.3, 0.4) is 0 Å². The van der Waals surface area contributed by atoms with Crippen LogP contribution < -0.4 is 10.1 Å². The summed E-state index contributed by atoms with van der Waals surface area (Å²) in [5.41, 5.74) is 0. The number of unbranched alkanes of at least 4 members (excludes halogenated alkanes) is 2. The van der Waals surface area contributed by atoms with Crippen molar-refractivity contribution in [1.29, 1.82) is 0 Å². The topological polar surface area (TPSA) is 41.5 Å². The lowest BCUT2D eigenvalue weighted by molar-refractivity contribution is 0.103. The van der Waals surface area contributed by atoms with E-state index in [0.717, 1.165) is 6.42 Å². The van der Waals surface area contributed by atoms with Gasteiger partial charge >= 0.3 is 0 Å². The van der Waals surface area contributed by atoms with Crippen LogP contribution in [-0.4, -0.2) is 30.4 Å². The van der Waals surface area contributed by atoms with E-state index in [9.17, 15) is 9.50 Å². The lowest BCUT2D eigenvalue weighted by Gasteiger charge is -2.17. The van der Waals surface area contributed by atoms with Crippen molar-refractivity contribution in [2.24, 2.45) is 0 Å². The van der Waals surface area contributed by atoms with Gasteiger partial charge < -0.3 is 15.2 Å². The van der Waals surface area contributed by atoms with Crippen LogP contribution >= 0.6 is 0 Å². The van der Waals surface area contributed by atoms with Gasteiger partial charge in [0, 0.05) is 12.6 Å². The summed E-state index contributed by atoms with van der Waals surface area (Å²) in [6.45, 7) is 5.03. The molecule has 0 bridgehead atoms. The van der Waals surface area contributed by atoms with Crippen LogP contribution in [0.2, 0.25) is 0 Å². The molecular weight excluding hydrogens is 257 g/mol. The van der Waals surface area contributed by atoms with E-state index in [4.69, 9.17) is 4.74 Å². The largest absolute Gasteiger partial charge is 0.491 e. The van der Waals surface area contributed by atoms with E-state index in [1.807, 2.05) is 0 Å². The average molecular weight is 283 g/mol. The van der Waals surface area contributed by atoms with Gasteiger partial charge in [0.05, 0.1) is 0 Å². The van der Waals surface area contributed by atoms with Gasteiger partial charge in [-0.1, -0.05) is 26.2 Å². The number of aliphatic hydroxyl groups excluding tert-OH is 1. The van der Waals surface area contributed by atoms with Gasteiger partial charge in [-0.2, -0.15) is 0 Å². The molecule has 20 heavy (non-hydrogen) atoms. The molecule has 0 radical (unpaired) electrons. The highest BCUT2D eigenvalue weighted by Crippen LogP contribution is 2.11. The Morgan fingerprint density at radius 1 is 1.25 bits per heavy atom. The van der Waals surface area contributed by atoms with Crippen molar-refractivity contribution in [2.75, 3.05) is 13.2 Å². The molecule has 114 valence electrons. The highest BCUT2D eigenvalue weighted by molar-refractivity contribution is 5.22. The van der Waals surface area contributed by atoms with Crippen molar-refractivity contribution in [3.05, 3.63) is 30.1 Å². The molecule has 2 atom stereocenters. The quantitative estimate of drug-likeness (QED) is 0.648. The van der Waals surface area contributed by atoms with Gasteiger partial charge in [0.15, 0.2) is 0 Å². The fraction of sp³-hybridized carbons (Fsp3) is 0.625. The first kappa shape index (κ1) is 16.9. The van der Waals surface area contributed by atoms with Crippen molar-refractivity contribution in [3.63, 3.8) is 0 Å². The summed E-state index contributed by atoms with van der Waals surface area (Å²) < 4.78 is 18.1. The van der Waals surface area contributed by atoms with Crippen molar-refractivity contribution in [3.8, 4) is 5.75 Å². The predicted octanol–water partition coefficient (Wildman–Crippen LogP) is 3.12. The number of benzene rings is 1. The summed E-state index contributed by atoms with van der Waals surface area (Å²) in [6.07, 6.45) is 4.25. The van der Waals surface area contributed by atoms with Crippen molar-refractivity contribution in [2.45, 2.75) is 51.7 Å². The minimum Gasteiger partial charge on any atom is -0.491 e. The van der Waals surface area contributed by atoms with Crippen molar-refractivity contribution < 1.29 is 14.2 Å². The van der Waals surface area contributed by atoms with E-state index in [1.54, 1.807) is 12.1 Å². The number of hydrogen-bond acceptors (Lipinski definition) is 3. The maximum absolute atomic E-state index is 12.7. The third-order valence-electron chi connectivity index (χ3n) is 3.20. The molecule has 0 amide bonds. The van der Waals surface area contributed by atoms with Crippen LogP contribution in [0.5, 0.6) is 5.75 Å². The Bertz CT molecular complexity index is 356. The summed E-state index contributed by atoms with van der Waals surface area (Å²) in [4.78, 5) is 0. The Hall–Kier alpha value is -1.13.